The number of nitrogens with zero attached hydrogens (tertiary/aromatic N) is 7. The van der Waals surface area contributed by atoms with E-state index >= 15 is 0 Å². The van der Waals surface area contributed by atoms with Gasteiger partial charge >= 0.3 is 5.69 Å². The minimum atomic E-state index is -0.0824. The fourth-order valence-electron chi connectivity index (χ4n) is 3.12. The van der Waals surface area contributed by atoms with Crippen LogP contribution in [0, 0.1) is 6.92 Å². The summed E-state index contributed by atoms with van der Waals surface area (Å²) in [6.45, 7) is 7.74. The smallest absolute Gasteiger partial charge is 0.338 e. The summed E-state index contributed by atoms with van der Waals surface area (Å²) in [5, 5.41) is 8.19. The monoisotopic (exact) mass is 343 g/mol. The van der Waals surface area contributed by atoms with Crippen LogP contribution in [0.3, 0.4) is 0 Å². The Bertz CT molecular complexity index is 904. The Morgan fingerprint density at radius 2 is 1.92 bits per heavy atom. The Morgan fingerprint density at radius 1 is 1.12 bits per heavy atom. The van der Waals surface area contributed by atoms with Crippen molar-refractivity contribution in [1.82, 2.24) is 34.1 Å². The molecule has 0 unspecified atom stereocenters. The molecular formula is C16H21N7O2. The fraction of sp³-hybridized carbons (Fsp3) is 0.500. The predicted molar refractivity (Wildman–Crippen MR) is 90.2 cm³/mol. The van der Waals surface area contributed by atoms with E-state index in [2.05, 4.69) is 25.0 Å². The largest absolute Gasteiger partial charge is 0.350 e. The van der Waals surface area contributed by atoms with E-state index in [0.717, 1.165) is 32.7 Å². The molecule has 9 nitrogen and oxygen atoms in total. The average molecular weight is 343 g/mol. The summed E-state index contributed by atoms with van der Waals surface area (Å²) in [7, 11) is 0. The van der Waals surface area contributed by atoms with E-state index in [-0.39, 0.29) is 5.69 Å². The molecule has 25 heavy (non-hydrogen) atoms. The summed E-state index contributed by atoms with van der Waals surface area (Å²) < 4.78 is 8.29. The normalized spacial score (nSPS) is 16.7. The minimum Gasteiger partial charge on any atom is -0.338 e. The van der Waals surface area contributed by atoms with Gasteiger partial charge in [0.15, 0.2) is 11.5 Å². The number of fused-ring (bicyclic) bond motifs is 1. The lowest BCUT2D eigenvalue weighted by atomic mass is 10.3. The molecule has 0 atom stereocenters. The molecule has 1 aliphatic rings. The van der Waals surface area contributed by atoms with Crippen LogP contribution in [-0.4, -0.2) is 66.8 Å². The summed E-state index contributed by atoms with van der Waals surface area (Å²) in [4.78, 5) is 21.2. The summed E-state index contributed by atoms with van der Waals surface area (Å²) in [5.41, 5.74) is 0.605. The second-order valence-corrected chi connectivity index (χ2v) is 6.29. The van der Waals surface area contributed by atoms with Gasteiger partial charge in [-0.25, -0.2) is 9.48 Å². The van der Waals surface area contributed by atoms with Crippen LogP contribution in [0.5, 0.6) is 0 Å². The molecule has 9 heteroatoms. The molecular weight excluding hydrogens is 322 g/mol. The van der Waals surface area contributed by atoms with E-state index in [1.165, 1.54) is 0 Å². The Morgan fingerprint density at radius 3 is 2.64 bits per heavy atom. The van der Waals surface area contributed by atoms with Gasteiger partial charge in [0.2, 0.25) is 5.89 Å². The Labute approximate surface area is 144 Å². The van der Waals surface area contributed by atoms with Gasteiger partial charge in [-0.1, -0.05) is 11.2 Å². The van der Waals surface area contributed by atoms with Gasteiger partial charge < -0.3 is 4.52 Å². The molecule has 0 bridgehead atoms. The van der Waals surface area contributed by atoms with E-state index in [9.17, 15) is 4.79 Å². The number of aromatic nitrogens is 5. The molecule has 0 aromatic carbocycles. The van der Waals surface area contributed by atoms with Crippen molar-refractivity contribution in [3.63, 3.8) is 0 Å². The van der Waals surface area contributed by atoms with Gasteiger partial charge in [-0.05, 0) is 19.1 Å². The highest BCUT2D eigenvalue weighted by Gasteiger charge is 2.19. The summed E-state index contributed by atoms with van der Waals surface area (Å²) >= 11 is 0. The van der Waals surface area contributed by atoms with Crippen molar-refractivity contribution < 1.29 is 4.52 Å². The molecule has 1 fully saturated rings. The van der Waals surface area contributed by atoms with E-state index < -0.39 is 0 Å². The van der Waals surface area contributed by atoms with Gasteiger partial charge in [0, 0.05) is 38.9 Å². The highest BCUT2D eigenvalue weighted by molar-refractivity contribution is 5.35. The third-order valence-electron chi connectivity index (χ3n) is 4.51. The first-order valence-electron chi connectivity index (χ1n) is 8.47. The van der Waals surface area contributed by atoms with Crippen molar-refractivity contribution in [2.75, 3.05) is 32.7 Å². The van der Waals surface area contributed by atoms with E-state index in [4.69, 9.17) is 4.52 Å². The van der Waals surface area contributed by atoms with Crippen molar-refractivity contribution in [1.29, 1.82) is 0 Å². The molecule has 0 spiro atoms. The topological polar surface area (TPSA) is 84.7 Å². The molecule has 132 valence electrons. The van der Waals surface area contributed by atoms with Gasteiger partial charge in [0.05, 0.1) is 13.1 Å². The molecule has 0 N–H and O–H groups in total. The summed E-state index contributed by atoms with van der Waals surface area (Å²) in [5.74, 6) is 1.34. The third kappa shape index (κ3) is 3.47. The lowest BCUT2D eigenvalue weighted by molar-refractivity contribution is 0.113. The maximum atomic E-state index is 12.3. The lowest BCUT2D eigenvalue weighted by Gasteiger charge is -2.33. The Kier molecular flexibility index (Phi) is 4.33. The lowest BCUT2D eigenvalue weighted by Crippen LogP contribution is -2.47. The number of hydrogen-bond acceptors (Lipinski definition) is 7. The second-order valence-electron chi connectivity index (χ2n) is 6.29. The number of hydrogen-bond donors (Lipinski definition) is 0. The number of piperazine rings is 1. The molecule has 0 amide bonds. The van der Waals surface area contributed by atoms with Gasteiger partial charge in [-0.2, -0.15) is 4.98 Å². The number of rotatable bonds is 5. The highest BCUT2D eigenvalue weighted by atomic mass is 16.5. The second kappa shape index (κ2) is 6.77. The van der Waals surface area contributed by atoms with Gasteiger partial charge in [-0.15, -0.1) is 5.10 Å². The fourth-order valence-corrected chi connectivity index (χ4v) is 3.12. The molecule has 1 saturated heterocycles. The third-order valence-corrected chi connectivity index (χ3v) is 4.51. The predicted octanol–water partition coefficient (Wildman–Crippen LogP) is 0.00522. The zero-order valence-electron chi connectivity index (χ0n) is 14.2. The quantitative estimate of drug-likeness (QED) is 0.645. The molecule has 0 radical (unpaired) electrons. The number of aryl methyl sites for hydroxylation is 1. The molecule has 3 aromatic rings. The van der Waals surface area contributed by atoms with Crippen molar-refractivity contribution in [3.05, 3.63) is 46.6 Å². The number of pyridine rings is 1. The van der Waals surface area contributed by atoms with Crippen LogP contribution in [0.2, 0.25) is 0 Å². The molecule has 4 heterocycles. The van der Waals surface area contributed by atoms with Crippen molar-refractivity contribution in [3.8, 4) is 0 Å². The zero-order chi connectivity index (χ0) is 17.2. The summed E-state index contributed by atoms with van der Waals surface area (Å²) in [6.07, 6.45) is 1.75. The van der Waals surface area contributed by atoms with Crippen LogP contribution in [0.25, 0.3) is 5.65 Å². The maximum absolute atomic E-state index is 12.3. The van der Waals surface area contributed by atoms with Crippen molar-refractivity contribution >= 4 is 5.65 Å². The SMILES string of the molecule is Cc1noc(CN2CCN(CCn3nc4ccccn4c3=O)CC2)n1. The molecule has 3 aromatic heterocycles. The first-order chi connectivity index (χ1) is 12.2. The van der Waals surface area contributed by atoms with Crippen LogP contribution < -0.4 is 5.69 Å². The minimum absolute atomic E-state index is 0.0824. The van der Waals surface area contributed by atoms with Gasteiger partial charge in [0.1, 0.15) is 0 Å². The molecule has 4 rings (SSSR count). The van der Waals surface area contributed by atoms with Crippen LogP contribution in [0.15, 0.2) is 33.7 Å². The summed E-state index contributed by atoms with van der Waals surface area (Å²) in [6, 6.07) is 5.57. The van der Waals surface area contributed by atoms with Crippen molar-refractivity contribution in [2.45, 2.75) is 20.0 Å². The van der Waals surface area contributed by atoms with E-state index in [1.54, 1.807) is 15.3 Å². The molecule has 1 aliphatic heterocycles. The molecule has 0 aliphatic carbocycles. The Balaban J connectivity index is 1.30. The van der Waals surface area contributed by atoms with Crippen LogP contribution in [0.4, 0.5) is 0 Å². The van der Waals surface area contributed by atoms with Crippen LogP contribution in [-0.2, 0) is 13.1 Å². The Hall–Kier alpha value is -2.52. The maximum Gasteiger partial charge on any atom is 0.350 e. The standard InChI is InChI=1S/C16H21N7O2/c1-13-17-15(25-19-13)12-21-8-6-20(7-9-21)10-11-23-16(24)22-5-3-2-4-14(22)18-23/h2-5H,6-12H2,1H3. The van der Waals surface area contributed by atoms with Crippen molar-refractivity contribution in [2.24, 2.45) is 0 Å². The molecule has 0 saturated carbocycles. The first kappa shape index (κ1) is 16.0. The van der Waals surface area contributed by atoms with E-state index in [0.29, 0.717) is 30.5 Å². The van der Waals surface area contributed by atoms with Gasteiger partial charge in [0.25, 0.3) is 0 Å². The first-order valence-corrected chi connectivity index (χ1v) is 8.47. The van der Waals surface area contributed by atoms with Crippen LogP contribution >= 0.6 is 0 Å². The highest BCUT2D eigenvalue weighted by Crippen LogP contribution is 2.07. The average Bonchev–Trinajstić information content (AvgIpc) is 3.18. The van der Waals surface area contributed by atoms with E-state index in [1.807, 2.05) is 25.1 Å². The van der Waals surface area contributed by atoms with Crippen LogP contribution in [0.1, 0.15) is 11.7 Å². The van der Waals surface area contributed by atoms with Gasteiger partial charge in [-0.3, -0.25) is 14.2 Å². The zero-order valence-corrected chi connectivity index (χ0v) is 14.2.